The number of nitrogens with zero attached hydrogens (tertiary/aromatic N) is 1. The first-order valence-corrected chi connectivity index (χ1v) is 9.34. The zero-order chi connectivity index (χ0) is 13.5. The smallest absolute Gasteiger partial charge is 0.207 e. The van der Waals surface area contributed by atoms with E-state index in [1.54, 1.807) is 0 Å². The molecule has 1 aliphatic rings. The lowest BCUT2D eigenvalue weighted by Crippen LogP contribution is -2.43. The van der Waals surface area contributed by atoms with Gasteiger partial charge in [0.25, 0.3) is 0 Å². The van der Waals surface area contributed by atoms with Gasteiger partial charge < -0.3 is 0 Å². The quantitative estimate of drug-likeness (QED) is 0.716. The van der Waals surface area contributed by atoms with Crippen LogP contribution >= 0.6 is 50.5 Å². The van der Waals surface area contributed by atoms with Gasteiger partial charge in [-0.05, 0) is 18.4 Å². The third-order valence-corrected chi connectivity index (χ3v) is 7.99. The molecule has 102 valence electrons. The highest BCUT2D eigenvalue weighted by Crippen LogP contribution is 2.37. The number of rotatable bonds is 2. The Kier molecular flexibility index (Phi) is 4.67. The summed E-state index contributed by atoms with van der Waals surface area (Å²) in [5, 5.41) is 0. The lowest BCUT2D eigenvalue weighted by atomic mass is 10.0. The van der Waals surface area contributed by atoms with Crippen LogP contribution in [0.25, 0.3) is 0 Å². The Hall–Kier alpha value is 0.670. The molecule has 0 radical (unpaired) electrons. The maximum absolute atomic E-state index is 12.4. The largest absolute Gasteiger partial charge is 0.245 e. The van der Waals surface area contributed by atoms with Crippen LogP contribution in [0.1, 0.15) is 13.3 Å². The van der Waals surface area contributed by atoms with Gasteiger partial charge in [-0.1, -0.05) is 46.1 Å². The standard InChI is InChI=1S/C10H12BrCl2NO2S2/c1-6-5-14(3-2-7(6)11)18(15,16)8-4-9(12)17-10(8)13/h4,6-7H,2-3,5H2,1H3. The van der Waals surface area contributed by atoms with Gasteiger partial charge in [0.1, 0.15) is 9.23 Å². The molecule has 0 saturated carbocycles. The fourth-order valence-electron chi connectivity index (χ4n) is 1.94. The molecule has 0 bridgehead atoms. The van der Waals surface area contributed by atoms with Crippen molar-refractivity contribution in [3.8, 4) is 0 Å². The van der Waals surface area contributed by atoms with Crippen LogP contribution < -0.4 is 0 Å². The average Bonchev–Trinajstić information content (AvgIpc) is 2.62. The SMILES string of the molecule is CC1CN(S(=O)(=O)c2cc(Cl)sc2Cl)CCC1Br. The van der Waals surface area contributed by atoms with Gasteiger partial charge in [0, 0.05) is 17.9 Å². The van der Waals surface area contributed by atoms with Crippen LogP contribution in [-0.2, 0) is 10.0 Å². The summed E-state index contributed by atoms with van der Waals surface area (Å²) in [6.45, 7) is 3.04. The second-order valence-electron chi connectivity index (χ2n) is 4.33. The van der Waals surface area contributed by atoms with Crippen LogP contribution in [0.2, 0.25) is 8.67 Å². The number of piperidine rings is 1. The first-order chi connectivity index (χ1) is 8.32. The highest BCUT2D eigenvalue weighted by molar-refractivity contribution is 9.09. The van der Waals surface area contributed by atoms with Crippen LogP contribution in [-0.4, -0.2) is 30.6 Å². The van der Waals surface area contributed by atoms with E-state index in [4.69, 9.17) is 23.2 Å². The van der Waals surface area contributed by atoms with E-state index < -0.39 is 10.0 Å². The monoisotopic (exact) mass is 391 g/mol. The fraction of sp³-hybridized carbons (Fsp3) is 0.600. The third-order valence-electron chi connectivity index (χ3n) is 3.01. The molecule has 1 saturated heterocycles. The third kappa shape index (κ3) is 2.88. The first-order valence-electron chi connectivity index (χ1n) is 5.41. The predicted octanol–water partition coefficient (Wildman–Crippen LogP) is 3.85. The molecule has 18 heavy (non-hydrogen) atoms. The van der Waals surface area contributed by atoms with Crippen molar-refractivity contribution in [3.05, 3.63) is 14.7 Å². The second-order valence-corrected chi connectivity index (χ2v) is 9.70. The van der Waals surface area contributed by atoms with E-state index in [2.05, 4.69) is 15.9 Å². The van der Waals surface area contributed by atoms with E-state index in [9.17, 15) is 8.42 Å². The molecule has 2 unspecified atom stereocenters. The number of hydrogen-bond donors (Lipinski definition) is 0. The Bertz CT molecular complexity index is 546. The highest BCUT2D eigenvalue weighted by Gasteiger charge is 2.34. The molecule has 1 fully saturated rings. The van der Waals surface area contributed by atoms with Gasteiger partial charge in [-0.25, -0.2) is 8.42 Å². The number of hydrogen-bond acceptors (Lipinski definition) is 3. The van der Waals surface area contributed by atoms with Crippen molar-refractivity contribution in [3.63, 3.8) is 0 Å². The first kappa shape index (κ1) is 15.1. The average molecular weight is 393 g/mol. The van der Waals surface area contributed by atoms with E-state index in [0.29, 0.717) is 22.3 Å². The van der Waals surface area contributed by atoms with E-state index in [1.807, 2.05) is 6.92 Å². The van der Waals surface area contributed by atoms with Crippen LogP contribution in [0.3, 0.4) is 0 Å². The molecule has 0 aromatic carbocycles. The molecule has 1 aromatic rings. The molecule has 1 aliphatic heterocycles. The Morgan fingerprint density at radius 1 is 1.50 bits per heavy atom. The second kappa shape index (κ2) is 5.58. The minimum absolute atomic E-state index is 0.124. The molecule has 0 N–H and O–H groups in total. The summed E-state index contributed by atoms with van der Waals surface area (Å²) < 4.78 is 27.0. The summed E-state index contributed by atoms with van der Waals surface area (Å²) >= 11 is 16.4. The molecule has 0 amide bonds. The lowest BCUT2D eigenvalue weighted by molar-refractivity contribution is 0.292. The van der Waals surface area contributed by atoms with Gasteiger partial charge in [0.2, 0.25) is 10.0 Å². The maximum Gasteiger partial charge on any atom is 0.245 e. The molecule has 2 rings (SSSR count). The molecule has 2 atom stereocenters. The zero-order valence-corrected chi connectivity index (χ0v) is 14.3. The Morgan fingerprint density at radius 3 is 2.67 bits per heavy atom. The maximum atomic E-state index is 12.4. The number of halogens is 3. The zero-order valence-electron chi connectivity index (χ0n) is 9.57. The summed E-state index contributed by atoms with van der Waals surface area (Å²) in [5.41, 5.74) is 0. The van der Waals surface area contributed by atoms with Gasteiger partial charge in [0.15, 0.2) is 0 Å². The summed E-state index contributed by atoms with van der Waals surface area (Å²) in [6, 6.07) is 1.43. The van der Waals surface area contributed by atoms with Crippen LogP contribution in [0, 0.1) is 5.92 Å². The topological polar surface area (TPSA) is 37.4 Å². The van der Waals surface area contributed by atoms with Gasteiger partial charge >= 0.3 is 0 Å². The summed E-state index contributed by atoms with van der Waals surface area (Å²) in [5.74, 6) is 0.279. The molecule has 2 heterocycles. The van der Waals surface area contributed by atoms with E-state index in [-0.39, 0.29) is 15.1 Å². The van der Waals surface area contributed by atoms with Crippen molar-refractivity contribution in [2.24, 2.45) is 5.92 Å². The Morgan fingerprint density at radius 2 is 2.17 bits per heavy atom. The molecule has 0 aliphatic carbocycles. The van der Waals surface area contributed by atoms with Gasteiger partial charge in [-0.3, -0.25) is 0 Å². The summed E-state index contributed by atoms with van der Waals surface area (Å²) in [6.07, 6.45) is 0.801. The summed E-state index contributed by atoms with van der Waals surface area (Å²) in [4.78, 5) is 0.491. The van der Waals surface area contributed by atoms with Crippen LogP contribution in [0.4, 0.5) is 0 Å². The van der Waals surface area contributed by atoms with Crippen molar-refractivity contribution in [1.29, 1.82) is 0 Å². The summed E-state index contributed by atoms with van der Waals surface area (Å²) in [7, 11) is -3.52. The lowest BCUT2D eigenvalue weighted by Gasteiger charge is -2.33. The van der Waals surface area contributed by atoms with Crippen LogP contribution in [0.5, 0.6) is 0 Å². The molecule has 1 aromatic heterocycles. The van der Waals surface area contributed by atoms with Crippen LogP contribution in [0.15, 0.2) is 11.0 Å². The molecular formula is C10H12BrCl2NO2S2. The molecule has 0 spiro atoms. The Balaban J connectivity index is 2.29. The van der Waals surface area contributed by atoms with Gasteiger partial charge in [-0.2, -0.15) is 4.31 Å². The minimum atomic E-state index is -3.52. The fourth-order valence-corrected chi connectivity index (χ4v) is 5.98. The molecular weight excluding hydrogens is 381 g/mol. The normalized spacial score (nSPS) is 26.4. The van der Waals surface area contributed by atoms with E-state index >= 15 is 0 Å². The minimum Gasteiger partial charge on any atom is -0.207 e. The van der Waals surface area contributed by atoms with E-state index in [1.165, 1.54) is 10.4 Å². The Labute approximate surface area is 129 Å². The predicted molar refractivity (Wildman–Crippen MR) is 79.6 cm³/mol. The van der Waals surface area contributed by atoms with Crippen molar-refractivity contribution < 1.29 is 8.42 Å². The van der Waals surface area contributed by atoms with Crippen molar-refractivity contribution in [1.82, 2.24) is 4.31 Å². The number of sulfonamides is 1. The van der Waals surface area contributed by atoms with Crippen molar-refractivity contribution >= 4 is 60.5 Å². The van der Waals surface area contributed by atoms with E-state index in [0.717, 1.165) is 17.8 Å². The van der Waals surface area contributed by atoms with Gasteiger partial charge in [0.05, 0.1) is 4.34 Å². The molecule has 8 heteroatoms. The number of alkyl halides is 1. The molecule has 3 nitrogen and oxygen atoms in total. The number of thiophene rings is 1. The van der Waals surface area contributed by atoms with Gasteiger partial charge in [-0.15, -0.1) is 11.3 Å². The van der Waals surface area contributed by atoms with Crippen molar-refractivity contribution in [2.75, 3.05) is 13.1 Å². The van der Waals surface area contributed by atoms with Crippen molar-refractivity contribution in [2.45, 2.75) is 23.1 Å². The highest BCUT2D eigenvalue weighted by atomic mass is 79.9.